The maximum atomic E-state index is 2.23. The summed E-state index contributed by atoms with van der Waals surface area (Å²) in [5, 5.41) is 1.58. The summed E-state index contributed by atoms with van der Waals surface area (Å²) in [5.41, 5.74) is 1.56. The smallest absolute Gasteiger partial charge is 0.0346 e. The summed E-state index contributed by atoms with van der Waals surface area (Å²) in [6, 6.07) is 0. The first-order valence-electron chi connectivity index (χ1n) is 3.06. The Morgan fingerprint density at radius 2 is 1.88 bits per heavy atom. The molecule has 0 aliphatic rings. The van der Waals surface area contributed by atoms with Crippen molar-refractivity contribution < 1.29 is 0 Å². The molecule has 0 aromatic heterocycles. The fraction of sp³-hybridized carbons (Fsp3) is 0.714. The van der Waals surface area contributed by atoms with Crippen molar-refractivity contribution in [2.24, 2.45) is 0 Å². The molecule has 0 heterocycles. The van der Waals surface area contributed by atoms with E-state index in [0.29, 0.717) is 0 Å². The molecule has 0 fully saturated rings. The van der Waals surface area contributed by atoms with E-state index in [1.165, 1.54) is 6.42 Å². The Labute approximate surface area is 54.2 Å². The number of hydrogen-bond donors (Lipinski definition) is 0. The van der Waals surface area contributed by atoms with Gasteiger partial charge in [0.05, 0.1) is 0 Å². The molecule has 0 saturated heterocycles. The topological polar surface area (TPSA) is 0 Å². The first-order valence-corrected chi connectivity index (χ1v) is 4.56. The summed E-state index contributed by atoms with van der Waals surface area (Å²) in [6.45, 7) is 8.87. The van der Waals surface area contributed by atoms with Gasteiger partial charge in [-0.25, -0.2) is 0 Å². The molecule has 0 aromatic carbocycles. The molecule has 0 aliphatic carbocycles. The molecule has 1 heteroatoms. The van der Waals surface area contributed by atoms with Gasteiger partial charge in [-0.2, -0.15) is 0 Å². The Kier molecular flexibility index (Phi) is 4.18. The lowest BCUT2D eigenvalue weighted by Crippen LogP contribution is -1.73. The lowest BCUT2D eigenvalue weighted by atomic mass is 10.2. The van der Waals surface area contributed by atoms with Crippen LogP contribution in [0.2, 0.25) is 0 Å². The van der Waals surface area contributed by atoms with Crippen LogP contribution in [0, 0.1) is 0 Å². The minimum absolute atomic E-state index is 0.998. The summed E-state index contributed by atoms with van der Waals surface area (Å²) >= 11 is 0. The van der Waals surface area contributed by atoms with Crippen LogP contribution in [0.3, 0.4) is 0 Å². The quantitative estimate of drug-likeness (QED) is 0.504. The zero-order valence-electron chi connectivity index (χ0n) is 6.21. The average Bonchev–Trinajstić information content (AvgIpc) is 1.84. The molecule has 1 atom stereocenters. The molecule has 0 spiro atoms. The predicted molar refractivity (Wildman–Crippen MR) is 42.9 cm³/mol. The molecule has 0 saturated carbocycles. The van der Waals surface area contributed by atoms with Gasteiger partial charge in [0.2, 0.25) is 0 Å². The molecule has 0 amide bonds. The highest BCUT2D eigenvalue weighted by molar-refractivity contribution is 7.42. The standard InChI is InChI=1S/C7H15P/c1-5-6(2)7(3)8-4/h8H,5H2,1-4H3/b7-6+. The van der Waals surface area contributed by atoms with E-state index >= 15 is 0 Å². The van der Waals surface area contributed by atoms with Crippen LogP contribution < -0.4 is 0 Å². The highest BCUT2D eigenvalue weighted by atomic mass is 31.1. The molecule has 0 nitrogen and oxygen atoms in total. The van der Waals surface area contributed by atoms with Crippen LogP contribution in [0.5, 0.6) is 0 Å². The van der Waals surface area contributed by atoms with Crippen LogP contribution >= 0.6 is 8.58 Å². The highest BCUT2D eigenvalue weighted by Gasteiger charge is 1.88. The summed E-state index contributed by atoms with van der Waals surface area (Å²) in [6.07, 6.45) is 1.21. The Hall–Kier alpha value is 0.170. The van der Waals surface area contributed by atoms with Crippen LogP contribution in [0.15, 0.2) is 10.9 Å². The van der Waals surface area contributed by atoms with Crippen molar-refractivity contribution in [1.29, 1.82) is 0 Å². The first kappa shape index (κ1) is 8.17. The fourth-order valence-corrected chi connectivity index (χ4v) is 1.08. The van der Waals surface area contributed by atoms with E-state index in [1.807, 2.05) is 0 Å². The maximum absolute atomic E-state index is 2.23. The summed E-state index contributed by atoms with van der Waals surface area (Å²) < 4.78 is 0. The monoisotopic (exact) mass is 130 g/mol. The molecule has 0 radical (unpaired) electrons. The molecule has 8 heavy (non-hydrogen) atoms. The third-order valence-electron chi connectivity index (χ3n) is 1.55. The molecule has 0 rings (SSSR count). The summed E-state index contributed by atoms with van der Waals surface area (Å²) in [5.74, 6) is 0. The van der Waals surface area contributed by atoms with E-state index in [0.717, 1.165) is 8.58 Å². The molecule has 0 N–H and O–H groups in total. The summed E-state index contributed by atoms with van der Waals surface area (Å²) in [4.78, 5) is 0. The van der Waals surface area contributed by atoms with Gasteiger partial charge in [-0.3, -0.25) is 0 Å². The van der Waals surface area contributed by atoms with Gasteiger partial charge in [0.1, 0.15) is 0 Å². The normalized spacial score (nSPS) is 15.0. The Morgan fingerprint density at radius 3 is 2.00 bits per heavy atom. The van der Waals surface area contributed by atoms with Gasteiger partial charge in [-0.05, 0) is 26.9 Å². The van der Waals surface area contributed by atoms with Crippen LogP contribution in [0.25, 0.3) is 0 Å². The Morgan fingerprint density at radius 1 is 1.38 bits per heavy atom. The summed E-state index contributed by atoms with van der Waals surface area (Å²) in [7, 11) is 0.998. The zero-order valence-corrected chi connectivity index (χ0v) is 7.21. The second-order valence-corrected chi connectivity index (χ2v) is 3.26. The largest absolute Gasteiger partial charge is 0.0984 e. The maximum Gasteiger partial charge on any atom is -0.0346 e. The molecular weight excluding hydrogens is 115 g/mol. The van der Waals surface area contributed by atoms with Gasteiger partial charge >= 0.3 is 0 Å². The molecule has 48 valence electrons. The molecule has 0 aliphatic heterocycles. The van der Waals surface area contributed by atoms with E-state index in [9.17, 15) is 0 Å². The van der Waals surface area contributed by atoms with Gasteiger partial charge in [-0.15, -0.1) is 0 Å². The van der Waals surface area contributed by atoms with Crippen molar-refractivity contribution in [3.05, 3.63) is 10.9 Å². The number of rotatable bonds is 2. The van der Waals surface area contributed by atoms with Gasteiger partial charge in [0, 0.05) is 0 Å². The first-order chi connectivity index (χ1) is 3.72. The molecule has 0 aromatic rings. The van der Waals surface area contributed by atoms with Crippen molar-refractivity contribution in [2.45, 2.75) is 27.2 Å². The van der Waals surface area contributed by atoms with Gasteiger partial charge < -0.3 is 0 Å². The van der Waals surface area contributed by atoms with Crippen LogP contribution in [0.1, 0.15) is 27.2 Å². The highest BCUT2D eigenvalue weighted by Crippen LogP contribution is 2.22. The van der Waals surface area contributed by atoms with Gasteiger partial charge in [-0.1, -0.05) is 26.4 Å². The van der Waals surface area contributed by atoms with E-state index in [2.05, 4.69) is 27.4 Å². The van der Waals surface area contributed by atoms with E-state index in [4.69, 9.17) is 0 Å². The fourth-order valence-electron chi connectivity index (χ4n) is 0.479. The second kappa shape index (κ2) is 4.09. The minimum Gasteiger partial charge on any atom is -0.0984 e. The number of hydrogen-bond acceptors (Lipinski definition) is 0. The van der Waals surface area contributed by atoms with Crippen molar-refractivity contribution in [2.75, 3.05) is 6.66 Å². The minimum atomic E-state index is 0.998. The predicted octanol–water partition coefficient (Wildman–Crippen LogP) is 3.00. The van der Waals surface area contributed by atoms with E-state index < -0.39 is 0 Å². The molecule has 0 bridgehead atoms. The molecule has 1 unspecified atom stereocenters. The van der Waals surface area contributed by atoms with E-state index in [1.54, 1.807) is 10.9 Å². The third-order valence-corrected chi connectivity index (χ3v) is 2.72. The van der Waals surface area contributed by atoms with Gasteiger partial charge in [0.25, 0.3) is 0 Å². The van der Waals surface area contributed by atoms with E-state index in [-0.39, 0.29) is 0 Å². The SMILES string of the molecule is CC/C(C)=C(\C)PC. The van der Waals surface area contributed by atoms with Crippen molar-refractivity contribution in [3.63, 3.8) is 0 Å². The molecular formula is C7H15P. The second-order valence-electron chi connectivity index (χ2n) is 2.01. The lowest BCUT2D eigenvalue weighted by molar-refractivity contribution is 1.08. The van der Waals surface area contributed by atoms with Crippen LogP contribution in [-0.4, -0.2) is 6.66 Å². The van der Waals surface area contributed by atoms with Crippen molar-refractivity contribution in [1.82, 2.24) is 0 Å². The average molecular weight is 130 g/mol. The lowest BCUT2D eigenvalue weighted by Gasteiger charge is -1.99. The van der Waals surface area contributed by atoms with Crippen molar-refractivity contribution >= 4 is 8.58 Å². The van der Waals surface area contributed by atoms with Crippen molar-refractivity contribution in [3.8, 4) is 0 Å². The van der Waals surface area contributed by atoms with Gasteiger partial charge in [0.15, 0.2) is 0 Å². The Balaban J connectivity index is 3.83. The van der Waals surface area contributed by atoms with Crippen LogP contribution in [-0.2, 0) is 0 Å². The van der Waals surface area contributed by atoms with Crippen LogP contribution in [0.4, 0.5) is 0 Å². The number of allylic oxidation sites excluding steroid dienone is 2. The Bertz CT molecular complexity index is 80.6. The zero-order chi connectivity index (χ0) is 6.57. The third kappa shape index (κ3) is 2.47.